The van der Waals surface area contributed by atoms with Crippen molar-refractivity contribution in [2.75, 3.05) is 44.1 Å². The number of methoxy groups -OCH3 is 1. The Labute approximate surface area is 222 Å². The number of ether oxygens (including phenoxy) is 2. The lowest BCUT2D eigenvalue weighted by Gasteiger charge is -2.33. The lowest BCUT2D eigenvalue weighted by atomic mass is 9.89. The molecule has 0 radical (unpaired) electrons. The quantitative estimate of drug-likeness (QED) is 0.301. The molecule has 0 spiro atoms. The highest BCUT2D eigenvalue weighted by molar-refractivity contribution is 7.91. The Morgan fingerprint density at radius 1 is 0.947 bits per heavy atom. The van der Waals surface area contributed by atoms with Gasteiger partial charge in [0.25, 0.3) is 0 Å². The molecule has 3 aromatic carbocycles. The van der Waals surface area contributed by atoms with Gasteiger partial charge in [0.1, 0.15) is 16.4 Å². The van der Waals surface area contributed by atoms with E-state index in [1.807, 2.05) is 0 Å². The zero-order chi connectivity index (χ0) is 27.4. The average molecular weight is 559 g/mol. The standard InChI is InChI=1S/C26H30N4O6S2/c1-35-23-17-22-21(16-24(23)36-14-12-28-13-15-37(2,31)32)26(27,30-18-29-22)20-10-6-7-11-25(20)38(33,34)19-8-4-3-5-9-19/h3-11,16-18,28H,12-15,27H2,1-2H3,(H,29,30). The molecule has 0 saturated carbocycles. The molecule has 0 saturated heterocycles. The maximum atomic E-state index is 13.6. The van der Waals surface area contributed by atoms with E-state index >= 15 is 0 Å². The van der Waals surface area contributed by atoms with Crippen molar-refractivity contribution in [2.45, 2.75) is 15.5 Å². The second kappa shape index (κ2) is 11.1. The normalized spacial score (nSPS) is 16.9. The predicted octanol–water partition coefficient (Wildman–Crippen LogP) is 2.15. The van der Waals surface area contributed by atoms with Gasteiger partial charge in [-0.15, -0.1) is 0 Å². The van der Waals surface area contributed by atoms with E-state index in [1.54, 1.807) is 48.5 Å². The van der Waals surface area contributed by atoms with Gasteiger partial charge in [0.15, 0.2) is 17.2 Å². The van der Waals surface area contributed by atoms with Gasteiger partial charge in [0.05, 0.1) is 34.7 Å². The van der Waals surface area contributed by atoms with Crippen LogP contribution < -0.4 is 25.8 Å². The van der Waals surface area contributed by atoms with Crippen LogP contribution in [0.15, 0.2) is 81.5 Å². The van der Waals surface area contributed by atoms with Crippen molar-refractivity contribution < 1.29 is 26.3 Å². The number of rotatable bonds is 11. The molecule has 38 heavy (non-hydrogen) atoms. The fourth-order valence-electron chi connectivity index (χ4n) is 4.11. The van der Waals surface area contributed by atoms with Gasteiger partial charge >= 0.3 is 0 Å². The summed E-state index contributed by atoms with van der Waals surface area (Å²) in [6, 6.07) is 18.1. The highest BCUT2D eigenvalue weighted by Crippen LogP contribution is 2.44. The van der Waals surface area contributed by atoms with E-state index in [9.17, 15) is 16.8 Å². The lowest BCUT2D eigenvalue weighted by molar-refractivity contribution is 0.292. The summed E-state index contributed by atoms with van der Waals surface area (Å²) in [6.07, 6.45) is 2.61. The van der Waals surface area contributed by atoms with E-state index < -0.39 is 25.3 Å². The molecule has 1 aliphatic rings. The number of nitrogens with two attached hydrogens (primary N) is 1. The molecule has 1 aliphatic heterocycles. The van der Waals surface area contributed by atoms with E-state index in [-0.39, 0.29) is 22.2 Å². The zero-order valence-corrected chi connectivity index (χ0v) is 22.7. The van der Waals surface area contributed by atoms with Crippen LogP contribution in [-0.2, 0) is 25.3 Å². The lowest BCUT2D eigenvalue weighted by Crippen LogP contribution is -2.40. The molecule has 1 heterocycles. The van der Waals surface area contributed by atoms with Gasteiger partial charge in [0, 0.05) is 36.5 Å². The van der Waals surface area contributed by atoms with Gasteiger partial charge in [-0.25, -0.2) is 21.8 Å². The van der Waals surface area contributed by atoms with Gasteiger partial charge in [0.2, 0.25) is 9.84 Å². The Hall–Kier alpha value is -3.45. The number of benzene rings is 3. The Morgan fingerprint density at radius 2 is 1.66 bits per heavy atom. The number of anilines is 1. The summed E-state index contributed by atoms with van der Waals surface area (Å²) in [5.41, 5.74) is 6.74. The van der Waals surface area contributed by atoms with Crippen molar-refractivity contribution >= 4 is 31.7 Å². The summed E-state index contributed by atoms with van der Waals surface area (Å²) >= 11 is 0. The molecule has 0 amide bonds. The molecule has 12 heteroatoms. The molecule has 0 fully saturated rings. The number of fused-ring (bicyclic) bond motifs is 1. The van der Waals surface area contributed by atoms with Gasteiger partial charge in [-0.1, -0.05) is 36.4 Å². The summed E-state index contributed by atoms with van der Waals surface area (Å²) in [5, 5.41) is 6.07. The molecule has 1 unspecified atom stereocenters. The van der Waals surface area contributed by atoms with Crippen LogP contribution in [0.5, 0.6) is 11.5 Å². The van der Waals surface area contributed by atoms with Gasteiger partial charge in [-0.2, -0.15) is 0 Å². The highest BCUT2D eigenvalue weighted by atomic mass is 32.2. The molecule has 0 bridgehead atoms. The van der Waals surface area contributed by atoms with Crippen LogP contribution in [-0.4, -0.2) is 62.0 Å². The number of sulfone groups is 2. The molecule has 1 atom stereocenters. The van der Waals surface area contributed by atoms with Crippen LogP contribution in [0.4, 0.5) is 5.69 Å². The van der Waals surface area contributed by atoms with Crippen molar-refractivity contribution in [3.8, 4) is 11.5 Å². The van der Waals surface area contributed by atoms with Gasteiger partial charge in [-0.3, -0.25) is 5.73 Å². The summed E-state index contributed by atoms with van der Waals surface area (Å²) in [4.78, 5) is 4.69. The topological polar surface area (TPSA) is 149 Å². The van der Waals surface area contributed by atoms with Crippen LogP contribution >= 0.6 is 0 Å². The number of nitrogens with one attached hydrogen (secondary N) is 2. The van der Waals surface area contributed by atoms with E-state index in [2.05, 4.69) is 15.6 Å². The average Bonchev–Trinajstić information content (AvgIpc) is 2.90. The predicted molar refractivity (Wildman–Crippen MR) is 146 cm³/mol. The molecular weight excluding hydrogens is 528 g/mol. The van der Waals surface area contributed by atoms with Crippen molar-refractivity contribution in [1.29, 1.82) is 0 Å². The third-order valence-electron chi connectivity index (χ3n) is 6.03. The first-order valence-corrected chi connectivity index (χ1v) is 15.3. The van der Waals surface area contributed by atoms with Crippen molar-refractivity contribution in [3.05, 3.63) is 77.9 Å². The number of hydrogen-bond acceptors (Lipinski definition) is 10. The Balaban J connectivity index is 1.68. The van der Waals surface area contributed by atoms with Crippen LogP contribution in [0.1, 0.15) is 11.1 Å². The number of aliphatic imine (C=N–C) groups is 1. The molecular formula is C26H30N4O6S2. The monoisotopic (exact) mass is 558 g/mol. The molecule has 3 aromatic rings. The third kappa shape index (κ3) is 5.83. The van der Waals surface area contributed by atoms with Crippen LogP contribution in [0, 0.1) is 0 Å². The number of hydrogen-bond donors (Lipinski definition) is 3. The second-order valence-corrected chi connectivity index (χ2v) is 12.9. The smallest absolute Gasteiger partial charge is 0.207 e. The Kier molecular flexibility index (Phi) is 8.07. The van der Waals surface area contributed by atoms with Crippen molar-refractivity contribution in [2.24, 2.45) is 10.7 Å². The van der Waals surface area contributed by atoms with Crippen molar-refractivity contribution in [3.63, 3.8) is 0 Å². The largest absolute Gasteiger partial charge is 0.493 e. The molecule has 10 nitrogen and oxygen atoms in total. The molecule has 0 aromatic heterocycles. The van der Waals surface area contributed by atoms with E-state index in [0.29, 0.717) is 41.4 Å². The minimum Gasteiger partial charge on any atom is -0.493 e. The summed E-state index contributed by atoms with van der Waals surface area (Å²) in [5.74, 6) is 0.850. The SMILES string of the molecule is COc1cc2c(cc1OCCNCCS(C)(=O)=O)C(N)(c1ccccc1S(=O)(=O)c1ccccc1)N=CN2. The van der Waals surface area contributed by atoms with Gasteiger partial charge in [-0.05, 0) is 24.3 Å². The summed E-state index contributed by atoms with van der Waals surface area (Å²) < 4.78 is 61.2. The van der Waals surface area contributed by atoms with Crippen molar-refractivity contribution in [1.82, 2.24) is 5.32 Å². The first-order chi connectivity index (χ1) is 18.1. The summed E-state index contributed by atoms with van der Waals surface area (Å²) in [6.45, 7) is 0.935. The fraction of sp³-hybridized carbons (Fsp3) is 0.269. The first kappa shape index (κ1) is 27.6. The molecule has 4 N–H and O–H groups in total. The fourth-order valence-corrected chi connectivity index (χ4v) is 6.17. The minimum absolute atomic E-state index is 0.0276. The minimum atomic E-state index is -3.90. The van der Waals surface area contributed by atoms with E-state index in [0.717, 1.165) is 0 Å². The number of nitrogens with zero attached hydrogens (tertiary/aromatic N) is 1. The van der Waals surface area contributed by atoms with Crippen LogP contribution in [0.2, 0.25) is 0 Å². The summed E-state index contributed by atoms with van der Waals surface area (Å²) in [7, 11) is -5.45. The maximum absolute atomic E-state index is 13.6. The Bertz CT molecular complexity index is 1540. The van der Waals surface area contributed by atoms with E-state index in [1.165, 1.54) is 37.9 Å². The van der Waals surface area contributed by atoms with Crippen LogP contribution in [0.3, 0.4) is 0 Å². The third-order valence-corrected chi connectivity index (χ3v) is 8.80. The molecule has 0 aliphatic carbocycles. The molecule has 202 valence electrons. The maximum Gasteiger partial charge on any atom is 0.207 e. The molecule has 4 rings (SSSR count). The van der Waals surface area contributed by atoms with Crippen LogP contribution in [0.25, 0.3) is 0 Å². The zero-order valence-electron chi connectivity index (χ0n) is 21.0. The van der Waals surface area contributed by atoms with Gasteiger partial charge < -0.3 is 20.1 Å². The van der Waals surface area contributed by atoms with E-state index in [4.69, 9.17) is 15.2 Å². The Morgan fingerprint density at radius 3 is 2.37 bits per heavy atom. The first-order valence-electron chi connectivity index (χ1n) is 11.8. The second-order valence-electron chi connectivity index (χ2n) is 8.76. The highest BCUT2D eigenvalue weighted by Gasteiger charge is 2.39.